The molecule has 0 bridgehead atoms. The number of rotatable bonds is 4. The Morgan fingerprint density at radius 2 is 1.65 bits per heavy atom. The second-order valence-electron chi connectivity index (χ2n) is 4.56. The van der Waals surface area contributed by atoms with Gasteiger partial charge in [0, 0.05) is 6.08 Å². The number of carbonyl (C=O) groups is 1. The fourth-order valence-corrected chi connectivity index (χ4v) is 1.89. The summed E-state index contributed by atoms with van der Waals surface area (Å²) in [4.78, 5) is 10.4. The number of hydrogen-bond acceptors (Lipinski definition) is 2. The molecule has 0 aliphatic carbocycles. The van der Waals surface area contributed by atoms with Gasteiger partial charge in [0.1, 0.15) is 11.5 Å². The standard InChI is InChI=1S/C17H16O3/c1-12-4-3-5-13(2)17(12)20-15-9-6-14(7-10-15)8-11-16(18)19/h3-11H,1-2H3,(H,18,19)/b11-8+. The number of hydrogen-bond donors (Lipinski definition) is 1. The van der Waals surface area contributed by atoms with Crippen LogP contribution in [0.1, 0.15) is 16.7 Å². The quantitative estimate of drug-likeness (QED) is 0.845. The zero-order valence-electron chi connectivity index (χ0n) is 11.5. The fraction of sp³-hybridized carbons (Fsp3) is 0.118. The Morgan fingerprint density at radius 1 is 1.05 bits per heavy atom. The predicted molar refractivity (Wildman–Crippen MR) is 79.1 cm³/mol. The van der Waals surface area contributed by atoms with E-state index in [0.29, 0.717) is 0 Å². The lowest BCUT2D eigenvalue weighted by Crippen LogP contribution is -1.90. The van der Waals surface area contributed by atoms with Crippen molar-refractivity contribution in [2.45, 2.75) is 13.8 Å². The highest BCUT2D eigenvalue weighted by atomic mass is 16.5. The van der Waals surface area contributed by atoms with Crippen molar-refractivity contribution in [1.29, 1.82) is 0 Å². The van der Waals surface area contributed by atoms with Gasteiger partial charge in [-0.3, -0.25) is 0 Å². The molecule has 2 rings (SSSR count). The van der Waals surface area contributed by atoms with Crippen LogP contribution in [-0.4, -0.2) is 11.1 Å². The largest absolute Gasteiger partial charge is 0.478 e. The van der Waals surface area contributed by atoms with Crippen molar-refractivity contribution in [2.24, 2.45) is 0 Å². The van der Waals surface area contributed by atoms with Crippen molar-refractivity contribution in [3.8, 4) is 11.5 Å². The van der Waals surface area contributed by atoms with Gasteiger partial charge in [0.2, 0.25) is 0 Å². The van der Waals surface area contributed by atoms with Crippen molar-refractivity contribution >= 4 is 12.0 Å². The summed E-state index contributed by atoms with van der Waals surface area (Å²) in [6.07, 6.45) is 2.66. The highest BCUT2D eigenvalue weighted by Crippen LogP contribution is 2.28. The van der Waals surface area contributed by atoms with Crippen LogP contribution in [0.5, 0.6) is 11.5 Å². The van der Waals surface area contributed by atoms with E-state index in [4.69, 9.17) is 9.84 Å². The van der Waals surface area contributed by atoms with Gasteiger partial charge in [-0.05, 0) is 48.7 Å². The van der Waals surface area contributed by atoms with E-state index in [9.17, 15) is 4.79 Å². The average molecular weight is 268 g/mol. The summed E-state index contributed by atoms with van der Waals surface area (Å²) in [5.74, 6) is 0.636. The smallest absolute Gasteiger partial charge is 0.328 e. The van der Waals surface area contributed by atoms with Crippen molar-refractivity contribution < 1.29 is 14.6 Å². The second-order valence-corrected chi connectivity index (χ2v) is 4.56. The third-order valence-corrected chi connectivity index (χ3v) is 2.93. The Kier molecular flexibility index (Phi) is 4.20. The van der Waals surface area contributed by atoms with E-state index >= 15 is 0 Å². The topological polar surface area (TPSA) is 46.5 Å². The average Bonchev–Trinajstić information content (AvgIpc) is 2.42. The minimum absolute atomic E-state index is 0.731. The van der Waals surface area contributed by atoms with Crippen LogP contribution < -0.4 is 4.74 Å². The molecule has 0 amide bonds. The minimum Gasteiger partial charge on any atom is -0.478 e. The summed E-state index contributed by atoms with van der Waals surface area (Å²) in [5, 5.41) is 8.57. The molecule has 3 nitrogen and oxygen atoms in total. The van der Waals surface area contributed by atoms with Crippen LogP contribution in [0.15, 0.2) is 48.5 Å². The van der Waals surface area contributed by atoms with Gasteiger partial charge in [0.05, 0.1) is 0 Å². The van der Waals surface area contributed by atoms with Crippen LogP contribution >= 0.6 is 0 Å². The molecule has 0 atom stereocenters. The molecule has 0 aliphatic rings. The van der Waals surface area contributed by atoms with Crippen molar-refractivity contribution in [1.82, 2.24) is 0 Å². The number of benzene rings is 2. The summed E-state index contributed by atoms with van der Waals surface area (Å²) in [7, 11) is 0. The first kappa shape index (κ1) is 13.9. The molecule has 0 saturated heterocycles. The van der Waals surface area contributed by atoms with Gasteiger partial charge in [-0.15, -0.1) is 0 Å². The maximum absolute atomic E-state index is 10.4. The van der Waals surface area contributed by atoms with Gasteiger partial charge >= 0.3 is 5.97 Å². The number of carboxylic acids is 1. The van der Waals surface area contributed by atoms with E-state index in [1.807, 2.05) is 56.3 Å². The van der Waals surface area contributed by atoms with E-state index in [1.54, 1.807) is 6.08 Å². The first-order valence-corrected chi connectivity index (χ1v) is 6.31. The maximum Gasteiger partial charge on any atom is 0.328 e. The van der Waals surface area contributed by atoms with Crippen molar-refractivity contribution in [3.05, 3.63) is 65.2 Å². The molecule has 0 aromatic heterocycles. The SMILES string of the molecule is Cc1cccc(C)c1Oc1ccc(/C=C/C(=O)O)cc1. The molecule has 0 aliphatic heterocycles. The predicted octanol–water partition coefficient (Wildman–Crippen LogP) is 4.19. The molecule has 2 aromatic rings. The molecular weight excluding hydrogens is 252 g/mol. The lowest BCUT2D eigenvalue weighted by Gasteiger charge is -2.11. The van der Waals surface area contributed by atoms with E-state index in [2.05, 4.69) is 0 Å². The van der Waals surface area contributed by atoms with Gasteiger partial charge in [-0.25, -0.2) is 4.79 Å². The van der Waals surface area contributed by atoms with Crippen molar-refractivity contribution in [2.75, 3.05) is 0 Å². The fourth-order valence-electron chi connectivity index (χ4n) is 1.89. The molecule has 20 heavy (non-hydrogen) atoms. The van der Waals surface area contributed by atoms with Gasteiger partial charge in [-0.1, -0.05) is 30.3 Å². The first-order valence-electron chi connectivity index (χ1n) is 6.31. The molecular formula is C17H16O3. The molecule has 0 radical (unpaired) electrons. The number of para-hydroxylation sites is 1. The van der Waals surface area contributed by atoms with Crippen LogP contribution in [0.4, 0.5) is 0 Å². The van der Waals surface area contributed by atoms with Crippen LogP contribution in [0.2, 0.25) is 0 Å². The normalized spacial score (nSPS) is 10.7. The maximum atomic E-state index is 10.4. The number of ether oxygens (including phenoxy) is 1. The Labute approximate surface area is 118 Å². The second kappa shape index (κ2) is 6.06. The third kappa shape index (κ3) is 3.48. The zero-order valence-corrected chi connectivity index (χ0v) is 11.5. The highest BCUT2D eigenvalue weighted by molar-refractivity contribution is 5.85. The number of aryl methyl sites for hydroxylation is 2. The molecule has 0 saturated carbocycles. The molecule has 1 N–H and O–H groups in total. The summed E-state index contributed by atoms with van der Waals surface area (Å²) in [5.41, 5.74) is 2.99. The Morgan fingerprint density at radius 3 is 2.20 bits per heavy atom. The van der Waals surface area contributed by atoms with Crippen LogP contribution in [-0.2, 0) is 4.79 Å². The third-order valence-electron chi connectivity index (χ3n) is 2.93. The van der Waals surface area contributed by atoms with Crippen LogP contribution in [0.3, 0.4) is 0 Å². The summed E-state index contributed by atoms with van der Waals surface area (Å²) in [6.45, 7) is 4.01. The van der Waals surface area contributed by atoms with Gasteiger partial charge < -0.3 is 9.84 Å². The van der Waals surface area contributed by atoms with Crippen LogP contribution in [0, 0.1) is 13.8 Å². The number of carboxylic acid groups (broad SMARTS) is 1. The molecule has 0 unspecified atom stereocenters. The lowest BCUT2D eigenvalue weighted by molar-refractivity contribution is -0.131. The molecule has 0 heterocycles. The summed E-state index contributed by atoms with van der Waals surface area (Å²) >= 11 is 0. The molecule has 0 fully saturated rings. The monoisotopic (exact) mass is 268 g/mol. The van der Waals surface area contributed by atoms with Gasteiger partial charge in [-0.2, -0.15) is 0 Å². The van der Waals surface area contributed by atoms with E-state index in [1.165, 1.54) is 0 Å². The van der Waals surface area contributed by atoms with Crippen molar-refractivity contribution in [3.63, 3.8) is 0 Å². The Bertz CT molecular complexity index is 620. The summed E-state index contributed by atoms with van der Waals surface area (Å²) < 4.78 is 5.88. The summed E-state index contributed by atoms with van der Waals surface area (Å²) in [6, 6.07) is 13.3. The first-order chi connectivity index (χ1) is 9.56. The number of aliphatic carboxylic acids is 1. The van der Waals surface area contributed by atoms with Crippen LogP contribution in [0.25, 0.3) is 6.08 Å². The Hall–Kier alpha value is -2.55. The van der Waals surface area contributed by atoms with E-state index in [-0.39, 0.29) is 0 Å². The van der Waals surface area contributed by atoms with E-state index in [0.717, 1.165) is 34.3 Å². The lowest BCUT2D eigenvalue weighted by atomic mass is 10.1. The highest BCUT2D eigenvalue weighted by Gasteiger charge is 2.04. The van der Waals surface area contributed by atoms with E-state index < -0.39 is 5.97 Å². The van der Waals surface area contributed by atoms with Gasteiger partial charge in [0.15, 0.2) is 0 Å². The zero-order chi connectivity index (χ0) is 14.5. The minimum atomic E-state index is -0.958. The Balaban J connectivity index is 2.17. The molecule has 102 valence electrons. The molecule has 0 spiro atoms. The van der Waals surface area contributed by atoms with Gasteiger partial charge in [0.25, 0.3) is 0 Å². The molecule has 3 heteroatoms. The molecule has 2 aromatic carbocycles.